The lowest BCUT2D eigenvalue weighted by molar-refractivity contribution is -0.122. The fourth-order valence-electron chi connectivity index (χ4n) is 1.17. The van der Waals surface area contributed by atoms with Gasteiger partial charge >= 0.3 is 0 Å². The van der Waals surface area contributed by atoms with Crippen molar-refractivity contribution in [3.05, 3.63) is 29.3 Å². The normalized spacial score (nSPS) is 12.1. The van der Waals surface area contributed by atoms with E-state index in [1.165, 1.54) is 6.92 Å². The molecule has 1 amide bonds. The van der Waals surface area contributed by atoms with Crippen molar-refractivity contribution in [3.63, 3.8) is 0 Å². The molecule has 1 atom stereocenters. The Bertz CT molecular complexity index is 454. The van der Waals surface area contributed by atoms with E-state index in [1.807, 2.05) is 0 Å². The number of hydrogen-bond acceptors (Lipinski definition) is 3. The average molecular weight is 280 g/mol. The van der Waals surface area contributed by atoms with E-state index < -0.39 is 41.0 Å². The Hall–Kier alpha value is -1.83. The zero-order chi connectivity index (χ0) is 14.6. The standard InChI is InChI=1S/C11H12F4N2O2/c1-5(16)11(18)17-2-3-19-10-8(14)6(12)4-7(13)9(10)15/h4-5H,2-3,16H2,1H3,(H,17,18). The molecule has 0 radical (unpaired) electrons. The van der Waals surface area contributed by atoms with Crippen LogP contribution >= 0.6 is 0 Å². The Labute approximate surface area is 106 Å². The van der Waals surface area contributed by atoms with E-state index in [4.69, 9.17) is 5.73 Å². The summed E-state index contributed by atoms with van der Waals surface area (Å²) < 4.78 is 56.5. The molecule has 3 N–H and O–H groups in total. The van der Waals surface area contributed by atoms with Crippen LogP contribution in [0.15, 0.2) is 6.07 Å². The lowest BCUT2D eigenvalue weighted by atomic mass is 10.3. The molecule has 4 nitrogen and oxygen atoms in total. The maximum absolute atomic E-state index is 13.1. The maximum atomic E-state index is 13.1. The number of amides is 1. The second kappa shape index (κ2) is 6.37. The SMILES string of the molecule is CC(N)C(=O)NCCOc1c(F)c(F)cc(F)c1F. The van der Waals surface area contributed by atoms with Crippen LogP contribution in [-0.4, -0.2) is 25.1 Å². The third-order valence-electron chi connectivity index (χ3n) is 2.13. The third kappa shape index (κ3) is 3.82. The Morgan fingerprint density at radius 3 is 2.32 bits per heavy atom. The molecule has 8 heteroatoms. The fraction of sp³-hybridized carbons (Fsp3) is 0.364. The van der Waals surface area contributed by atoms with Crippen LogP contribution in [0.5, 0.6) is 5.75 Å². The minimum atomic E-state index is -1.63. The number of benzene rings is 1. The number of nitrogens with two attached hydrogens (primary N) is 1. The van der Waals surface area contributed by atoms with Gasteiger partial charge in [-0.15, -0.1) is 0 Å². The van der Waals surface area contributed by atoms with E-state index in [0.717, 1.165) is 0 Å². The molecule has 0 aliphatic carbocycles. The number of hydrogen-bond donors (Lipinski definition) is 2. The second-order valence-electron chi connectivity index (χ2n) is 3.73. The number of ether oxygens (including phenoxy) is 1. The van der Waals surface area contributed by atoms with Gasteiger partial charge in [0.15, 0.2) is 17.4 Å². The van der Waals surface area contributed by atoms with E-state index in [0.29, 0.717) is 0 Å². The van der Waals surface area contributed by atoms with Gasteiger partial charge in [0.1, 0.15) is 6.61 Å². The first-order valence-corrected chi connectivity index (χ1v) is 5.33. The molecule has 0 aliphatic heterocycles. The van der Waals surface area contributed by atoms with E-state index in [-0.39, 0.29) is 19.2 Å². The van der Waals surface area contributed by atoms with Crippen LogP contribution in [0.4, 0.5) is 17.6 Å². The van der Waals surface area contributed by atoms with Crippen LogP contribution in [0.25, 0.3) is 0 Å². The summed E-state index contributed by atoms with van der Waals surface area (Å²) in [7, 11) is 0. The lowest BCUT2D eigenvalue weighted by Gasteiger charge is -2.11. The Balaban J connectivity index is 2.61. The Kier molecular flexibility index (Phi) is 5.11. The van der Waals surface area contributed by atoms with Gasteiger partial charge in [0.05, 0.1) is 12.6 Å². The van der Waals surface area contributed by atoms with E-state index in [1.54, 1.807) is 0 Å². The first-order valence-electron chi connectivity index (χ1n) is 5.33. The van der Waals surface area contributed by atoms with Crippen molar-refractivity contribution >= 4 is 5.91 Å². The summed E-state index contributed by atoms with van der Waals surface area (Å²) in [6.07, 6.45) is 0. The largest absolute Gasteiger partial charge is 0.486 e. The van der Waals surface area contributed by atoms with E-state index >= 15 is 0 Å². The summed E-state index contributed by atoms with van der Waals surface area (Å²) in [5.41, 5.74) is 5.25. The first-order chi connectivity index (χ1) is 8.84. The summed E-state index contributed by atoms with van der Waals surface area (Å²) in [6.45, 7) is 0.962. The van der Waals surface area contributed by atoms with Crippen LogP contribution < -0.4 is 15.8 Å². The highest BCUT2D eigenvalue weighted by Gasteiger charge is 2.20. The van der Waals surface area contributed by atoms with Crippen molar-refractivity contribution in [1.82, 2.24) is 5.32 Å². The van der Waals surface area contributed by atoms with Gasteiger partial charge in [-0.3, -0.25) is 4.79 Å². The topological polar surface area (TPSA) is 64.4 Å². The molecule has 0 saturated heterocycles. The predicted octanol–water partition coefficient (Wildman–Crippen LogP) is 1.09. The fourth-order valence-corrected chi connectivity index (χ4v) is 1.17. The molecule has 1 rings (SSSR count). The first kappa shape index (κ1) is 15.2. The van der Waals surface area contributed by atoms with Crippen LogP contribution in [0.2, 0.25) is 0 Å². The Morgan fingerprint density at radius 2 is 1.84 bits per heavy atom. The summed E-state index contributed by atoms with van der Waals surface area (Å²) >= 11 is 0. The highest BCUT2D eigenvalue weighted by Crippen LogP contribution is 2.26. The minimum absolute atomic E-state index is 0.0788. The van der Waals surface area contributed by atoms with Crippen molar-refractivity contribution in [2.45, 2.75) is 13.0 Å². The zero-order valence-corrected chi connectivity index (χ0v) is 9.97. The number of carbonyl (C=O) groups excluding carboxylic acids is 1. The van der Waals surface area contributed by atoms with Crippen LogP contribution in [0, 0.1) is 23.3 Å². The molecule has 0 spiro atoms. The lowest BCUT2D eigenvalue weighted by Crippen LogP contribution is -2.40. The van der Waals surface area contributed by atoms with E-state index in [9.17, 15) is 22.4 Å². The maximum Gasteiger partial charge on any atom is 0.236 e. The van der Waals surface area contributed by atoms with Gasteiger partial charge in [0.25, 0.3) is 0 Å². The van der Waals surface area contributed by atoms with Gasteiger partial charge in [-0.05, 0) is 6.92 Å². The number of rotatable bonds is 5. The van der Waals surface area contributed by atoms with Crippen molar-refractivity contribution < 1.29 is 27.1 Å². The molecule has 1 aromatic rings. The van der Waals surface area contributed by atoms with Gasteiger partial charge in [-0.1, -0.05) is 0 Å². The van der Waals surface area contributed by atoms with Crippen molar-refractivity contribution in [3.8, 4) is 5.75 Å². The van der Waals surface area contributed by atoms with Crippen molar-refractivity contribution in [1.29, 1.82) is 0 Å². The molecule has 0 aromatic heterocycles. The minimum Gasteiger partial charge on any atom is -0.486 e. The summed E-state index contributed by atoms with van der Waals surface area (Å²) in [5.74, 6) is -8.03. The molecule has 0 heterocycles. The highest BCUT2D eigenvalue weighted by molar-refractivity contribution is 5.80. The molecule has 106 valence electrons. The van der Waals surface area contributed by atoms with Gasteiger partial charge in [-0.25, -0.2) is 8.78 Å². The quantitative estimate of drug-likeness (QED) is 0.482. The van der Waals surface area contributed by atoms with Crippen LogP contribution in [-0.2, 0) is 4.79 Å². The highest BCUT2D eigenvalue weighted by atomic mass is 19.2. The molecule has 0 saturated carbocycles. The van der Waals surface area contributed by atoms with Gasteiger partial charge < -0.3 is 15.8 Å². The molecule has 0 bridgehead atoms. The Morgan fingerprint density at radius 1 is 1.32 bits per heavy atom. The molecule has 0 fully saturated rings. The van der Waals surface area contributed by atoms with Crippen molar-refractivity contribution in [2.75, 3.05) is 13.2 Å². The van der Waals surface area contributed by atoms with Crippen LogP contribution in [0.3, 0.4) is 0 Å². The molecule has 1 aromatic carbocycles. The summed E-state index contributed by atoms with van der Waals surface area (Å²) in [4.78, 5) is 11.0. The molecular weight excluding hydrogens is 268 g/mol. The summed E-state index contributed by atoms with van der Waals surface area (Å²) in [5, 5.41) is 2.30. The number of nitrogens with one attached hydrogen (secondary N) is 1. The average Bonchev–Trinajstić information content (AvgIpc) is 2.35. The molecule has 1 unspecified atom stereocenters. The monoisotopic (exact) mass is 280 g/mol. The smallest absolute Gasteiger partial charge is 0.236 e. The second-order valence-corrected chi connectivity index (χ2v) is 3.73. The van der Waals surface area contributed by atoms with Gasteiger partial charge in [0.2, 0.25) is 17.5 Å². The summed E-state index contributed by atoms with van der Waals surface area (Å²) in [6, 6.07) is -0.671. The van der Waals surface area contributed by atoms with E-state index in [2.05, 4.69) is 10.1 Å². The predicted molar refractivity (Wildman–Crippen MR) is 58.4 cm³/mol. The zero-order valence-electron chi connectivity index (χ0n) is 9.97. The molecule has 19 heavy (non-hydrogen) atoms. The molecular formula is C11H12F4N2O2. The van der Waals surface area contributed by atoms with Crippen molar-refractivity contribution in [2.24, 2.45) is 5.73 Å². The van der Waals surface area contributed by atoms with Gasteiger partial charge in [0, 0.05) is 6.07 Å². The molecule has 0 aliphatic rings. The number of carbonyl (C=O) groups is 1. The number of halogens is 4. The van der Waals surface area contributed by atoms with Gasteiger partial charge in [-0.2, -0.15) is 8.78 Å². The van der Waals surface area contributed by atoms with Crippen LogP contribution in [0.1, 0.15) is 6.92 Å². The third-order valence-corrected chi connectivity index (χ3v) is 2.13.